The van der Waals surface area contributed by atoms with E-state index in [9.17, 15) is 13.2 Å². The number of hydrogen-bond acceptors (Lipinski definition) is 5. The average molecular weight is 268 g/mol. The van der Waals surface area contributed by atoms with E-state index < -0.39 is 27.9 Å². The molecule has 0 bridgehead atoms. The van der Waals surface area contributed by atoms with Crippen LogP contribution in [0.25, 0.3) is 0 Å². The summed E-state index contributed by atoms with van der Waals surface area (Å²) in [7, 11) is -3.99. The molecule has 0 rings (SSSR count). The van der Waals surface area contributed by atoms with E-state index >= 15 is 0 Å². The van der Waals surface area contributed by atoms with E-state index in [1.165, 1.54) is 0 Å². The van der Waals surface area contributed by atoms with E-state index in [1.54, 1.807) is 32.4 Å². The fraction of sp³-hybridized carbons (Fsp3) is 0.889. The van der Waals surface area contributed by atoms with Crippen LogP contribution in [0.2, 0.25) is 0 Å². The van der Waals surface area contributed by atoms with Crippen molar-refractivity contribution in [1.29, 1.82) is 0 Å². The minimum absolute atomic E-state index is 0.161. The minimum Gasteiger partial charge on any atom is -0.446 e. The molecule has 0 aliphatic rings. The quantitative estimate of drug-likeness (QED) is 0.634. The van der Waals surface area contributed by atoms with Gasteiger partial charge in [0, 0.05) is 12.1 Å². The molecule has 1 amide bonds. The number of amides is 1. The first kappa shape index (κ1) is 16.1. The topological polar surface area (TPSA) is 105 Å². The molecule has 0 atom stereocenters. The number of aliphatic hydroxyl groups is 1. The van der Waals surface area contributed by atoms with Crippen molar-refractivity contribution < 1.29 is 23.1 Å². The summed E-state index contributed by atoms with van der Waals surface area (Å²) in [5.41, 5.74) is -0.849. The molecular formula is C9H20N2O5S. The summed E-state index contributed by atoms with van der Waals surface area (Å²) in [6, 6.07) is 0. The molecule has 0 aromatic rings. The van der Waals surface area contributed by atoms with Gasteiger partial charge in [-0.3, -0.25) is 0 Å². The van der Waals surface area contributed by atoms with E-state index in [0.29, 0.717) is 0 Å². The molecule has 0 heterocycles. The fourth-order valence-corrected chi connectivity index (χ4v) is 2.22. The van der Waals surface area contributed by atoms with Crippen molar-refractivity contribution >= 4 is 16.3 Å². The van der Waals surface area contributed by atoms with Crippen LogP contribution in [0.1, 0.15) is 34.1 Å². The highest BCUT2D eigenvalue weighted by Gasteiger charge is 2.26. The highest BCUT2D eigenvalue weighted by atomic mass is 32.2. The Hall–Kier alpha value is -0.860. The van der Waals surface area contributed by atoms with Crippen LogP contribution in [0.5, 0.6) is 0 Å². The number of rotatable bonds is 6. The first-order valence-electron chi connectivity index (χ1n) is 5.21. The lowest BCUT2D eigenvalue weighted by molar-refractivity contribution is 0.121. The molecule has 0 saturated heterocycles. The van der Waals surface area contributed by atoms with Gasteiger partial charge in [0.1, 0.15) is 0 Å². The first-order chi connectivity index (χ1) is 7.58. The van der Waals surface area contributed by atoms with Gasteiger partial charge in [-0.2, -0.15) is 13.1 Å². The molecule has 0 spiro atoms. The normalized spacial score (nSPS) is 12.6. The Balaban J connectivity index is 4.45. The zero-order valence-electron chi connectivity index (χ0n) is 10.5. The molecule has 0 aromatic heterocycles. The maximum absolute atomic E-state index is 11.5. The summed E-state index contributed by atoms with van der Waals surface area (Å²) >= 11 is 0. The molecule has 7 nitrogen and oxygen atoms in total. The molecule has 102 valence electrons. The van der Waals surface area contributed by atoms with Crippen LogP contribution in [0.4, 0.5) is 4.79 Å². The van der Waals surface area contributed by atoms with Crippen LogP contribution in [-0.2, 0) is 14.9 Å². The molecule has 3 N–H and O–H groups in total. The second-order valence-corrected chi connectivity index (χ2v) is 5.93. The van der Waals surface area contributed by atoms with Crippen LogP contribution in [0, 0.1) is 0 Å². The van der Waals surface area contributed by atoms with Gasteiger partial charge in [0.2, 0.25) is 0 Å². The standard InChI is InChI=1S/C9H20N2O5S/c1-7(2)16-8(13)10-17(14,15)11-9(3,4)5-6-12/h7,11-12H,5-6H2,1-4H3,(H,10,13). The smallest absolute Gasteiger partial charge is 0.422 e. The molecule has 0 unspecified atom stereocenters. The monoisotopic (exact) mass is 268 g/mol. The summed E-state index contributed by atoms with van der Waals surface area (Å²) in [5, 5.41) is 8.75. The molecule has 17 heavy (non-hydrogen) atoms. The Labute approximate surface area is 102 Å². The van der Waals surface area contributed by atoms with Crippen LogP contribution in [-0.4, -0.2) is 37.9 Å². The summed E-state index contributed by atoms with van der Waals surface area (Å²) in [6.45, 7) is 6.24. The van der Waals surface area contributed by atoms with Crippen molar-refractivity contribution in [3.8, 4) is 0 Å². The second-order valence-electron chi connectivity index (χ2n) is 4.52. The first-order valence-corrected chi connectivity index (χ1v) is 6.69. The van der Waals surface area contributed by atoms with Crippen LogP contribution in [0.3, 0.4) is 0 Å². The largest absolute Gasteiger partial charge is 0.446 e. The minimum atomic E-state index is -3.99. The van der Waals surface area contributed by atoms with Gasteiger partial charge < -0.3 is 9.84 Å². The van der Waals surface area contributed by atoms with Gasteiger partial charge in [-0.1, -0.05) is 0 Å². The Morgan fingerprint density at radius 3 is 2.35 bits per heavy atom. The van der Waals surface area contributed by atoms with Gasteiger partial charge in [0.05, 0.1) is 6.10 Å². The van der Waals surface area contributed by atoms with Gasteiger partial charge in [-0.05, 0) is 34.1 Å². The number of ether oxygens (including phenoxy) is 1. The van der Waals surface area contributed by atoms with E-state index in [4.69, 9.17) is 5.11 Å². The predicted molar refractivity (Wildman–Crippen MR) is 62.6 cm³/mol. The Morgan fingerprint density at radius 2 is 1.94 bits per heavy atom. The lowest BCUT2D eigenvalue weighted by Gasteiger charge is -2.24. The zero-order valence-corrected chi connectivity index (χ0v) is 11.3. The van der Waals surface area contributed by atoms with Crippen molar-refractivity contribution in [1.82, 2.24) is 9.44 Å². The zero-order chi connectivity index (χ0) is 13.7. The third kappa shape index (κ3) is 7.94. The van der Waals surface area contributed by atoms with Crippen molar-refractivity contribution in [2.75, 3.05) is 6.61 Å². The Kier molecular flexibility index (Phi) is 5.86. The Morgan fingerprint density at radius 1 is 1.41 bits per heavy atom. The Bertz CT molecular complexity index is 350. The van der Waals surface area contributed by atoms with Crippen LogP contribution >= 0.6 is 0 Å². The lowest BCUT2D eigenvalue weighted by Crippen LogP contribution is -2.50. The van der Waals surface area contributed by atoms with Crippen molar-refractivity contribution in [2.45, 2.75) is 45.8 Å². The molecule has 8 heteroatoms. The average Bonchev–Trinajstić information content (AvgIpc) is 1.96. The number of nitrogens with one attached hydrogen (secondary N) is 2. The van der Waals surface area contributed by atoms with Gasteiger partial charge in [-0.15, -0.1) is 0 Å². The summed E-state index contributed by atoms with van der Waals surface area (Å²) in [4.78, 5) is 11.1. The predicted octanol–water partition coefficient (Wildman–Crippen LogP) is 0.116. The molecular weight excluding hydrogens is 248 g/mol. The highest BCUT2D eigenvalue weighted by molar-refractivity contribution is 7.88. The van der Waals surface area contributed by atoms with Gasteiger partial charge in [0.25, 0.3) is 0 Å². The van der Waals surface area contributed by atoms with E-state index in [-0.39, 0.29) is 13.0 Å². The number of carbonyl (C=O) groups is 1. The number of hydrogen-bond donors (Lipinski definition) is 3. The third-order valence-electron chi connectivity index (χ3n) is 1.71. The molecule has 0 saturated carbocycles. The molecule has 0 aliphatic carbocycles. The second kappa shape index (κ2) is 6.18. The van der Waals surface area contributed by atoms with Crippen LogP contribution < -0.4 is 9.44 Å². The van der Waals surface area contributed by atoms with E-state index in [2.05, 4.69) is 9.46 Å². The van der Waals surface area contributed by atoms with E-state index in [1.807, 2.05) is 0 Å². The lowest BCUT2D eigenvalue weighted by atomic mass is 10.0. The van der Waals surface area contributed by atoms with Crippen molar-refractivity contribution in [3.63, 3.8) is 0 Å². The summed E-state index contributed by atoms with van der Waals surface area (Å²) < 4.78 is 31.6. The molecule has 0 aliphatic heterocycles. The van der Waals surface area contributed by atoms with Gasteiger partial charge in [0.15, 0.2) is 0 Å². The fourth-order valence-electron chi connectivity index (χ4n) is 1.07. The number of carbonyl (C=O) groups excluding carboxylic acids is 1. The number of aliphatic hydroxyl groups excluding tert-OH is 1. The van der Waals surface area contributed by atoms with Crippen LogP contribution in [0.15, 0.2) is 0 Å². The SMILES string of the molecule is CC(C)OC(=O)NS(=O)(=O)NC(C)(C)CCO. The summed E-state index contributed by atoms with van der Waals surface area (Å²) in [5.74, 6) is 0. The van der Waals surface area contributed by atoms with Gasteiger partial charge in [-0.25, -0.2) is 9.52 Å². The maximum Gasteiger partial charge on any atom is 0.422 e. The third-order valence-corrected chi connectivity index (χ3v) is 2.96. The van der Waals surface area contributed by atoms with Crippen molar-refractivity contribution in [2.24, 2.45) is 0 Å². The summed E-state index contributed by atoms with van der Waals surface area (Å²) in [6.07, 6.45) is -1.21. The maximum atomic E-state index is 11.5. The van der Waals surface area contributed by atoms with Crippen molar-refractivity contribution in [3.05, 3.63) is 0 Å². The van der Waals surface area contributed by atoms with Gasteiger partial charge >= 0.3 is 16.3 Å². The molecule has 0 fully saturated rings. The highest BCUT2D eigenvalue weighted by Crippen LogP contribution is 2.08. The van der Waals surface area contributed by atoms with E-state index in [0.717, 1.165) is 0 Å². The molecule has 0 radical (unpaired) electrons. The molecule has 0 aromatic carbocycles.